The molecule has 0 bridgehead atoms. The van der Waals surface area contributed by atoms with Gasteiger partial charge in [0.05, 0.1) is 0 Å². The fourth-order valence-electron chi connectivity index (χ4n) is 6.46. The van der Waals surface area contributed by atoms with Gasteiger partial charge in [0.2, 0.25) is 0 Å². The van der Waals surface area contributed by atoms with Crippen molar-refractivity contribution < 1.29 is 0 Å². The summed E-state index contributed by atoms with van der Waals surface area (Å²) in [6, 6.07) is 55.2. The van der Waals surface area contributed by atoms with Crippen LogP contribution in [0.25, 0.3) is 76.8 Å². The Kier molecular flexibility index (Phi) is 5.72. The summed E-state index contributed by atoms with van der Waals surface area (Å²) in [5, 5.41) is 7.79. The van der Waals surface area contributed by atoms with E-state index >= 15 is 0 Å². The van der Waals surface area contributed by atoms with Gasteiger partial charge in [-0.2, -0.15) is 0 Å². The standard InChI is InChI=1S/C40H25Br/c41-30-18-10-17-29(23-30)38-25-37(28-15-8-3-9-16-28)33-20-19-31-35(26-11-4-1-5-12-26)24-36(27-13-6-2-7-14-27)32-21-22-34(38)40(33)39(31)32/h1-25H. The molecule has 0 saturated carbocycles. The van der Waals surface area contributed by atoms with Crippen molar-refractivity contribution in [3.05, 3.63) is 156 Å². The first-order valence-corrected chi connectivity index (χ1v) is 14.8. The van der Waals surface area contributed by atoms with E-state index in [1.54, 1.807) is 0 Å². The predicted octanol–water partition coefficient (Wildman–Crippen LogP) is 12.0. The number of hydrogen-bond acceptors (Lipinski definition) is 0. The molecule has 0 aliphatic carbocycles. The van der Waals surface area contributed by atoms with Gasteiger partial charge in [0.25, 0.3) is 0 Å². The fourth-order valence-corrected chi connectivity index (χ4v) is 6.86. The van der Waals surface area contributed by atoms with E-state index in [9.17, 15) is 0 Å². The second-order valence-corrected chi connectivity index (χ2v) is 11.5. The third-order valence-electron chi connectivity index (χ3n) is 8.29. The molecule has 0 unspecified atom stereocenters. The Morgan fingerprint density at radius 1 is 0.293 bits per heavy atom. The van der Waals surface area contributed by atoms with Crippen molar-refractivity contribution >= 4 is 48.2 Å². The van der Waals surface area contributed by atoms with Crippen molar-refractivity contribution in [2.75, 3.05) is 0 Å². The molecule has 8 aromatic carbocycles. The lowest BCUT2D eigenvalue weighted by Gasteiger charge is -2.21. The van der Waals surface area contributed by atoms with E-state index in [0.717, 1.165) is 4.47 Å². The largest absolute Gasteiger partial charge is 0.0622 e. The van der Waals surface area contributed by atoms with Crippen LogP contribution in [-0.4, -0.2) is 0 Å². The van der Waals surface area contributed by atoms with Gasteiger partial charge in [0, 0.05) is 4.47 Å². The summed E-state index contributed by atoms with van der Waals surface area (Å²) in [6.45, 7) is 0. The highest BCUT2D eigenvalue weighted by molar-refractivity contribution is 9.10. The molecule has 0 aliphatic heterocycles. The van der Waals surface area contributed by atoms with Crippen LogP contribution in [-0.2, 0) is 0 Å². The Hall–Kier alpha value is -4.72. The van der Waals surface area contributed by atoms with Crippen LogP contribution in [0.15, 0.2) is 156 Å². The topological polar surface area (TPSA) is 0 Å². The molecule has 0 amide bonds. The summed E-state index contributed by atoms with van der Waals surface area (Å²) >= 11 is 3.72. The summed E-state index contributed by atoms with van der Waals surface area (Å²) in [6.07, 6.45) is 0. The third kappa shape index (κ3) is 3.96. The molecule has 0 aliphatic rings. The van der Waals surface area contributed by atoms with E-state index in [1.165, 1.54) is 76.8 Å². The Morgan fingerprint density at radius 2 is 0.634 bits per heavy atom. The summed E-state index contributed by atoms with van der Waals surface area (Å²) in [4.78, 5) is 0. The molecule has 8 aromatic rings. The zero-order valence-electron chi connectivity index (χ0n) is 22.3. The van der Waals surface area contributed by atoms with Crippen molar-refractivity contribution in [2.24, 2.45) is 0 Å². The van der Waals surface area contributed by atoms with Crippen LogP contribution in [0.5, 0.6) is 0 Å². The zero-order chi connectivity index (χ0) is 27.3. The van der Waals surface area contributed by atoms with Crippen molar-refractivity contribution in [2.45, 2.75) is 0 Å². The normalized spacial score (nSPS) is 11.5. The Balaban J connectivity index is 1.59. The van der Waals surface area contributed by atoms with E-state index < -0.39 is 0 Å². The monoisotopic (exact) mass is 584 g/mol. The highest BCUT2D eigenvalue weighted by Gasteiger charge is 2.20. The minimum atomic E-state index is 1.08. The molecule has 0 nitrogen and oxygen atoms in total. The first kappa shape index (κ1) is 24.1. The second kappa shape index (κ2) is 9.73. The first-order valence-electron chi connectivity index (χ1n) is 14.0. The Bertz CT molecular complexity index is 2120. The lowest BCUT2D eigenvalue weighted by atomic mass is 9.82. The molecule has 8 rings (SSSR count). The summed E-state index contributed by atoms with van der Waals surface area (Å²) in [5.74, 6) is 0. The van der Waals surface area contributed by atoms with Gasteiger partial charge >= 0.3 is 0 Å². The van der Waals surface area contributed by atoms with Gasteiger partial charge in [-0.3, -0.25) is 0 Å². The van der Waals surface area contributed by atoms with E-state index in [0.29, 0.717) is 0 Å². The molecular weight excluding hydrogens is 560 g/mol. The zero-order valence-corrected chi connectivity index (χ0v) is 23.9. The number of benzene rings is 8. The molecule has 0 saturated heterocycles. The molecule has 0 aromatic heterocycles. The molecule has 0 N–H and O–H groups in total. The molecule has 1 heteroatoms. The van der Waals surface area contributed by atoms with Gasteiger partial charge in [-0.1, -0.05) is 143 Å². The van der Waals surface area contributed by atoms with E-state index in [1.807, 2.05) is 0 Å². The van der Waals surface area contributed by atoms with Gasteiger partial charge in [0.15, 0.2) is 0 Å². The minimum absolute atomic E-state index is 1.08. The molecule has 0 spiro atoms. The highest BCUT2D eigenvalue weighted by Crippen LogP contribution is 2.48. The van der Waals surface area contributed by atoms with Crippen LogP contribution in [0, 0.1) is 0 Å². The van der Waals surface area contributed by atoms with Gasteiger partial charge in [-0.15, -0.1) is 0 Å². The average Bonchev–Trinajstić information content (AvgIpc) is 3.04. The van der Waals surface area contributed by atoms with E-state index in [-0.39, 0.29) is 0 Å². The first-order chi connectivity index (χ1) is 20.3. The molecule has 192 valence electrons. The van der Waals surface area contributed by atoms with Gasteiger partial charge in [0.1, 0.15) is 0 Å². The number of halogens is 1. The van der Waals surface area contributed by atoms with Crippen LogP contribution in [0.2, 0.25) is 0 Å². The molecule has 0 heterocycles. The molecule has 41 heavy (non-hydrogen) atoms. The third-order valence-corrected chi connectivity index (χ3v) is 8.78. The Labute approximate surface area is 248 Å². The van der Waals surface area contributed by atoms with Gasteiger partial charge in [-0.25, -0.2) is 0 Å². The number of hydrogen-bond donors (Lipinski definition) is 0. The van der Waals surface area contributed by atoms with Crippen molar-refractivity contribution in [1.29, 1.82) is 0 Å². The number of rotatable bonds is 4. The SMILES string of the molecule is Brc1cccc(-c2cc(-c3ccccc3)c3ccc4c(-c5ccccc5)cc(-c5ccccc5)c5ccc2c3c45)c1. The molecule has 0 radical (unpaired) electrons. The maximum absolute atomic E-state index is 3.72. The molecular formula is C40H25Br. The second-order valence-electron chi connectivity index (χ2n) is 10.6. The highest BCUT2D eigenvalue weighted by atomic mass is 79.9. The van der Waals surface area contributed by atoms with E-state index in [4.69, 9.17) is 0 Å². The molecule has 0 atom stereocenters. The van der Waals surface area contributed by atoms with Crippen molar-refractivity contribution in [1.82, 2.24) is 0 Å². The lowest BCUT2D eigenvalue weighted by Crippen LogP contribution is -1.94. The average molecular weight is 586 g/mol. The van der Waals surface area contributed by atoms with Crippen LogP contribution in [0.1, 0.15) is 0 Å². The summed E-state index contributed by atoms with van der Waals surface area (Å²) in [5.41, 5.74) is 9.94. The van der Waals surface area contributed by atoms with Crippen LogP contribution >= 0.6 is 15.9 Å². The lowest BCUT2D eigenvalue weighted by molar-refractivity contribution is 1.61. The van der Waals surface area contributed by atoms with Crippen molar-refractivity contribution in [3.63, 3.8) is 0 Å². The Morgan fingerprint density at radius 3 is 1.00 bits per heavy atom. The summed E-state index contributed by atoms with van der Waals surface area (Å²) < 4.78 is 1.08. The summed E-state index contributed by atoms with van der Waals surface area (Å²) in [7, 11) is 0. The quantitative estimate of drug-likeness (QED) is 0.180. The molecule has 0 fully saturated rings. The van der Waals surface area contributed by atoms with Gasteiger partial charge in [-0.05, 0) is 101 Å². The van der Waals surface area contributed by atoms with Crippen molar-refractivity contribution in [3.8, 4) is 44.5 Å². The van der Waals surface area contributed by atoms with Crippen LogP contribution < -0.4 is 0 Å². The van der Waals surface area contributed by atoms with Gasteiger partial charge < -0.3 is 0 Å². The van der Waals surface area contributed by atoms with Crippen LogP contribution in [0.4, 0.5) is 0 Å². The van der Waals surface area contributed by atoms with E-state index in [2.05, 4.69) is 168 Å². The minimum Gasteiger partial charge on any atom is -0.0622 e. The maximum Gasteiger partial charge on any atom is 0.0181 e. The predicted molar refractivity (Wildman–Crippen MR) is 180 cm³/mol. The maximum atomic E-state index is 3.72. The smallest absolute Gasteiger partial charge is 0.0181 e. The van der Waals surface area contributed by atoms with Crippen LogP contribution in [0.3, 0.4) is 0 Å². The fraction of sp³-hybridized carbons (Fsp3) is 0.